The summed E-state index contributed by atoms with van der Waals surface area (Å²) in [5.41, 5.74) is 4.73. The highest BCUT2D eigenvalue weighted by atomic mass is 19.1. The zero-order valence-electron chi connectivity index (χ0n) is 18.1. The van der Waals surface area contributed by atoms with Crippen LogP contribution in [-0.4, -0.2) is 18.7 Å². The molecule has 0 saturated carbocycles. The highest BCUT2D eigenvalue weighted by Crippen LogP contribution is 2.29. The molecule has 166 valence electrons. The van der Waals surface area contributed by atoms with Crippen LogP contribution in [0, 0.1) is 5.82 Å². The van der Waals surface area contributed by atoms with Gasteiger partial charge in [0.1, 0.15) is 12.4 Å². The maximum atomic E-state index is 13.1. The third-order valence-corrected chi connectivity index (χ3v) is 4.99. The van der Waals surface area contributed by atoms with Crippen LogP contribution in [0.25, 0.3) is 10.8 Å². The molecule has 4 aromatic rings. The summed E-state index contributed by atoms with van der Waals surface area (Å²) in [6, 6.07) is 24.8. The number of benzene rings is 4. The molecule has 0 saturated heterocycles. The summed E-state index contributed by atoms with van der Waals surface area (Å²) < 4.78 is 24.6. The summed E-state index contributed by atoms with van der Waals surface area (Å²) in [5.74, 6) is 0.555. The molecule has 0 aliphatic rings. The minimum atomic E-state index is -0.287. The van der Waals surface area contributed by atoms with Crippen molar-refractivity contribution in [3.63, 3.8) is 0 Å². The van der Waals surface area contributed by atoms with Gasteiger partial charge in [-0.2, -0.15) is 5.10 Å². The molecule has 1 amide bonds. The van der Waals surface area contributed by atoms with Crippen LogP contribution in [0.1, 0.15) is 28.4 Å². The van der Waals surface area contributed by atoms with E-state index in [-0.39, 0.29) is 18.3 Å². The zero-order chi connectivity index (χ0) is 23.0. The van der Waals surface area contributed by atoms with Gasteiger partial charge in [0.15, 0.2) is 11.5 Å². The Kier molecular flexibility index (Phi) is 6.95. The molecule has 4 aromatic carbocycles. The number of halogens is 1. The number of nitrogens with zero attached hydrogens (tertiary/aromatic N) is 1. The lowest BCUT2D eigenvalue weighted by molar-refractivity contribution is 0.0957. The van der Waals surface area contributed by atoms with E-state index in [1.807, 2.05) is 49.4 Å². The van der Waals surface area contributed by atoms with E-state index >= 15 is 0 Å². The van der Waals surface area contributed by atoms with Crippen LogP contribution >= 0.6 is 0 Å². The molecular weight excluding hydrogens is 419 g/mol. The van der Waals surface area contributed by atoms with Gasteiger partial charge in [-0.15, -0.1) is 0 Å². The van der Waals surface area contributed by atoms with E-state index in [4.69, 9.17) is 9.47 Å². The highest BCUT2D eigenvalue weighted by Gasteiger charge is 2.09. The van der Waals surface area contributed by atoms with Crippen molar-refractivity contribution in [3.8, 4) is 11.5 Å². The molecule has 5 nitrogen and oxygen atoms in total. The normalized spacial score (nSPS) is 11.0. The van der Waals surface area contributed by atoms with Crippen LogP contribution < -0.4 is 14.9 Å². The predicted molar refractivity (Wildman–Crippen MR) is 127 cm³/mol. The Morgan fingerprint density at radius 2 is 1.73 bits per heavy atom. The third kappa shape index (κ3) is 5.54. The lowest BCUT2D eigenvalue weighted by Crippen LogP contribution is -2.17. The lowest BCUT2D eigenvalue weighted by atomic mass is 10.0. The number of carbonyl (C=O) groups is 1. The second-order valence-corrected chi connectivity index (χ2v) is 7.28. The molecule has 33 heavy (non-hydrogen) atoms. The fourth-order valence-electron chi connectivity index (χ4n) is 3.38. The summed E-state index contributed by atoms with van der Waals surface area (Å²) in [7, 11) is 0. The first-order chi connectivity index (χ1) is 16.1. The molecule has 0 aromatic heterocycles. The third-order valence-electron chi connectivity index (χ3n) is 4.99. The summed E-state index contributed by atoms with van der Waals surface area (Å²) in [5, 5.41) is 5.96. The molecule has 4 rings (SSSR count). The fraction of sp³-hybridized carbons (Fsp3) is 0.111. The van der Waals surface area contributed by atoms with Crippen LogP contribution in [0.15, 0.2) is 90.0 Å². The Bertz CT molecular complexity index is 1280. The second-order valence-electron chi connectivity index (χ2n) is 7.28. The summed E-state index contributed by atoms with van der Waals surface area (Å²) in [6.45, 7) is 2.63. The van der Waals surface area contributed by atoms with Crippen LogP contribution in [0.5, 0.6) is 11.5 Å². The molecule has 0 unspecified atom stereocenters. The molecule has 0 heterocycles. The first-order valence-corrected chi connectivity index (χ1v) is 10.6. The van der Waals surface area contributed by atoms with Crippen LogP contribution in [0.2, 0.25) is 0 Å². The monoisotopic (exact) mass is 442 g/mol. The van der Waals surface area contributed by atoms with Crippen molar-refractivity contribution < 1.29 is 18.7 Å². The summed E-state index contributed by atoms with van der Waals surface area (Å²) >= 11 is 0. The van der Waals surface area contributed by atoms with Gasteiger partial charge in [0, 0.05) is 5.56 Å². The molecular formula is C27H23FN2O3. The van der Waals surface area contributed by atoms with Gasteiger partial charge in [0.25, 0.3) is 5.91 Å². The molecule has 0 radical (unpaired) electrons. The maximum absolute atomic E-state index is 13.1. The number of fused-ring (bicyclic) bond motifs is 1. The van der Waals surface area contributed by atoms with Gasteiger partial charge in [0.05, 0.1) is 12.8 Å². The smallest absolute Gasteiger partial charge is 0.271 e. The van der Waals surface area contributed by atoms with Gasteiger partial charge in [-0.25, -0.2) is 9.82 Å². The number of ether oxygens (including phenoxy) is 2. The average molecular weight is 442 g/mol. The van der Waals surface area contributed by atoms with Gasteiger partial charge in [-0.3, -0.25) is 4.79 Å². The number of amides is 1. The number of rotatable bonds is 8. The van der Waals surface area contributed by atoms with E-state index in [9.17, 15) is 9.18 Å². The molecule has 0 spiro atoms. The molecule has 0 aliphatic carbocycles. The Hall–Kier alpha value is -4.19. The SMILES string of the molecule is CCOc1cc(/C=N\NC(=O)c2cccc3ccccc23)ccc1OCc1ccc(F)cc1. The minimum absolute atomic E-state index is 0.285. The van der Waals surface area contributed by atoms with Crippen molar-refractivity contribution in [2.24, 2.45) is 5.10 Å². The van der Waals surface area contributed by atoms with Crippen LogP contribution in [0.3, 0.4) is 0 Å². The molecule has 1 N–H and O–H groups in total. The highest BCUT2D eigenvalue weighted by molar-refractivity contribution is 6.07. The van der Waals surface area contributed by atoms with Gasteiger partial charge >= 0.3 is 0 Å². The van der Waals surface area contributed by atoms with Gasteiger partial charge in [-0.1, -0.05) is 48.5 Å². The van der Waals surface area contributed by atoms with Crippen LogP contribution in [0.4, 0.5) is 4.39 Å². The molecule has 0 bridgehead atoms. The van der Waals surface area contributed by atoms with Crippen molar-refractivity contribution >= 4 is 22.9 Å². The number of hydrazone groups is 1. The van der Waals surface area contributed by atoms with Gasteiger partial charge in [0.2, 0.25) is 0 Å². The number of hydrogen-bond acceptors (Lipinski definition) is 4. The number of carbonyl (C=O) groups excluding carboxylic acids is 1. The van der Waals surface area contributed by atoms with E-state index in [0.717, 1.165) is 21.9 Å². The second kappa shape index (κ2) is 10.4. The number of nitrogens with one attached hydrogen (secondary N) is 1. The lowest BCUT2D eigenvalue weighted by Gasteiger charge is -2.12. The Labute approximate surface area is 191 Å². The molecule has 6 heteroatoms. The van der Waals surface area contributed by atoms with Crippen molar-refractivity contribution in [1.82, 2.24) is 5.43 Å². The zero-order valence-corrected chi connectivity index (χ0v) is 18.1. The average Bonchev–Trinajstić information content (AvgIpc) is 2.84. The summed E-state index contributed by atoms with van der Waals surface area (Å²) in [4.78, 5) is 12.6. The van der Waals surface area contributed by atoms with Crippen molar-refractivity contribution in [3.05, 3.63) is 107 Å². The Morgan fingerprint density at radius 1 is 0.939 bits per heavy atom. The molecule has 0 aliphatic heterocycles. The van der Waals surface area contributed by atoms with E-state index in [0.29, 0.717) is 23.7 Å². The minimum Gasteiger partial charge on any atom is -0.490 e. The predicted octanol–water partition coefficient (Wildman–Crippen LogP) is 5.72. The standard InChI is InChI=1S/C27H23FN2O3/c1-2-32-26-16-20(12-15-25(26)33-18-19-10-13-22(28)14-11-19)17-29-30-27(31)24-9-5-7-21-6-3-4-8-23(21)24/h3-17H,2,18H2,1H3,(H,30,31)/b29-17-. The Balaban J connectivity index is 1.44. The first-order valence-electron chi connectivity index (χ1n) is 10.6. The quantitative estimate of drug-likeness (QED) is 0.280. The van der Waals surface area contributed by atoms with Gasteiger partial charge < -0.3 is 9.47 Å². The topological polar surface area (TPSA) is 59.9 Å². The molecule has 0 fully saturated rings. The first kappa shape index (κ1) is 22.0. The Morgan fingerprint density at radius 3 is 2.55 bits per heavy atom. The maximum Gasteiger partial charge on any atom is 0.271 e. The van der Waals surface area contributed by atoms with Crippen molar-refractivity contribution in [2.45, 2.75) is 13.5 Å². The van der Waals surface area contributed by atoms with E-state index in [2.05, 4.69) is 10.5 Å². The molecule has 0 atom stereocenters. The van der Waals surface area contributed by atoms with E-state index in [1.54, 1.807) is 36.5 Å². The van der Waals surface area contributed by atoms with Crippen LogP contribution in [-0.2, 0) is 6.61 Å². The number of hydrogen-bond donors (Lipinski definition) is 1. The summed E-state index contributed by atoms with van der Waals surface area (Å²) in [6.07, 6.45) is 1.55. The van der Waals surface area contributed by atoms with Gasteiger partial charge in [-0.05, 0) is 65.2 Å². The van der Waals surface area contributed by atoms with Crippen molar-refractivity contribution in [2.75, 3.05) is 6.61 Å². The van der Waals surface area contributed by atoms with E-state index < -0.39 is 0 Å². The largest absolute Gasteiger partial charge is 0.490 e. The fourth-order valence-corrected chi connectivity index (χ4v) is 3.38. The van der Waals surface area contributed by atoms with E-state index in [1.165, 1.54) is 12.1 Å². The van der Waals surface area contributed by atoms with Crippen molar-refractivity contribution in [1.29, 1.82) is 0 Å².